The minimum atomic E-state index is 0.621. The van der Waals surface area contributed by atoms with Crippen LogP contribution in [0.15, 0.2) is 30.5 Å². The number of benzene rings is 1. The molecule has 0 unspecified atom stereocenters. The second kappa shape index (κ2) is 3.03. The zero-order valence-corrected chi connectivity index (χ0v) is 7.32. The van der Waals surface area contributed by atoms with Gasteiger partial charge in [-0.15, -0.1) is 0 Å². The fraction of sp³-hybridized carbons (Fsp3) is 0.100. The summed E-state index contributed by atoms with van der Waals surface area (Å²) in [6, 6.07) is 7.79. The predicted molar refractivity (Wildman–Crippen MR) is 51.3 cm³/mol. The lowest BCUT2D eigenvalue weighted by Gasteiger charge is -2.04. The first-order valence-electron chi connectivity index (χ1n) is 4.03. The van der Waals surface area contributed by atoms with Gasteiger partial charge in [0.25, 0.3) is 0 Å². The highest BCUT2D eigenvalue weighted by Crippen LogP contribution is 2.24. The monoisotopic (exact) mass is 174 g/mol. The summed E-state index contributed by atoms with van der Waals surface area (Å²) in [5.74, 6) is 5.77. The van der Waals surface area contributed by atoms with E-state index in [0.717, 1.165) is 16.5 Å². The van der Waals surface area contributed by atoms with Crippen LogP contribution in [0.25, 0.3) is 10.9 Å². The Bertz CT molecular complexity index is 440. The van der Waals surface area contributed by atoms with Crippen molar-refractivity contribution in [2.24, 2.45) is 5.90 Å². The van der Waals surface area contributed by atoms with Gasteiger partial charge in [0.05, 0.1) is 0 Å². The number of aryl methyl sites for hydroxylation is 1. The Hall–Kier alpha value is -1.61. The van der Waals surface area contributed by atoms with Gasteiger partial charge in [-0.2, -0.15) is 5.90 Å². The van der Waals surface area contributed by atoms with Crippen molar-refractivity contribution in [1.82, 2.24) is 4.98 Å². The van der Waals surface area contributed by atoms with E-state index in [2.05, 4.69) is 4.98 Å². The molecule has 0 bridgehead atoms. The van der Waals surface area contributed by atoms with Crippen LogP contribution < -0.4 is 10.7 Å². The van der Waals surface area contributed by atoms with Crippen molar-refractivity contribution >= 4 is 10.9 Å². The molecule has 0 fully saturated rings. The van der Waals surface area contributed by atoms with Gasteiger partial charge in [0.15, 0.2) is 5.75 Å². The molecule has 3 heteroatoms. The summed E-state index contributed by atoms with van der Waals surface area (Å²) < 4.78 is 0. The Balaban J connectivity index is 2.81. The van der Waals surface area contributed by atoms with Crippen molar-refractivity contribution in [2.75, 3.05) is 0 Å². The standard InChI is InChI=1S/C10H10N2O/c1-7-5-8-3-2-4-12-10(8)9(6-7)13-11/h2-6H,11H2,1H3. The summed E-state index contributed by atoms with van der Waals surface area (Å²) in [6.45, 7) is 2.00. The maximum Gasteiger partial charge on any atom is 0.173 e. The average Bonchev–Trinajstić information content (AvgIpc) is 2.16. The minimum absolute atomic E-state index is 0.621. The maximum atomic E-state index is 5.14. The molecular formula is C10H10N2O. The van der Waals surface area contributed by atoms with E-state index in [-0.39, 0.29) is 0 Å². The minimum Gasteiger partial charge on any atom is -0.409 e. The predicted octanol–water partition coefficient (Wildman–Crippen LogP) is 1.80. The number of nitrogens with two attached hydrogens (primary N) is 1. The number of hydrogen-bond acceptors (Lipinski definition) is 3. The highest BCUT2D eigenvalue weighted by Gasteiger charge is 2.02. The fourth-order valence-electron chi connectivity index (χ4n) is 1.39. The second-order valence-electron chi connectivity index (χ2n) is 2.96. The van der Waals surface area contributed by atoms with E-state index in [1.807, 2.05) is 31.2 Å². The Morgan fingerprint density at radius 1 is 1.38 bits per heavy atom. The molecule has 0 saturated heterocycles. The zero-order chi connectivity index (χ0) is 9.26. The molecule has 13 heavy (non-hydrogen) atoms. The Kier molecular flexibility index (Phi) is 1.87. The van der Waals surface area contributed by atoms with E-state index in [1.54, 1.807) is 6.20 Å². The molecule has 66 valence electrons. The third-order valence-electron chi connectivity index (χ3n) is 1.94. The van der Waals surface area contributed by atoms with Gasteiger partial charge < -0.3 is 4.84 Å². The van der Waals surface area contributed by atoms with Crippen molar-refractivity contribution in [3.8, 4) is 5.75 Å². The van der Waals surface area contributed by atoms with Crippen LogP contribution in [0.2, 0.25) is 0 Å². The zero-order valence-electron chi connectivity index (χ0n) is 7.32. The summed E-state index contributed by atoms with van der Waals surface area (Å²) in [5.41, 5.74) is 1.91. The smallest absolute Gasteiger partial charge is 0.173 e. The summed E-state index contributed by atoms with van der Waals surface area (Å²) in [5, 5.41) is 1.04. The van der Waals surface area contributed by atoms with Gasteiger partial charge in [0, 0.05) is 11.6 Å². The molecule has 0 atom stereocenters. The second-order valence-corrected chi connectivity index (χ2v) is 2.96. The Morgan fingerprint density at radius 2 is 2.23 bits per heavy atom. The van der Waals surface area contributed by atoms with Gasteiger partial charge in [-0.3, -0.25) is 4.98 Å². The highest BCUT2D eigenvalue weighted by atomic mass is 16.6. The summed E-state index contributed by atoms with van der Waals surface area (Å²) in [4.78, 5) is 8.93. The van der Waals surface area contributed by atoms with Gasteiger partial charge >= 0.3 is 0 Å². The first-order chi connectivity index (χ1) is 6.31. The molecule has 0 saturated carbocycles. The van der Waals surface area contributed by atoms with Gasteiger partial charge in [0.1, 0.15) is 5.52 Å². The van der Waals surface area contributed by atoms with E-state index in [1.165, 1.54) is 0 Å². The number of hydrogen-bond donors (Lipinski definition) is 1. The maximum absolute atomic E-state index is 5.14. The molecule has 2 N–H and O–H groups in total. The van der Waals surface area contributed by atoms with Crippen molar-refractivity contribution in [3.05, 3.63) is 36.0 Å². The normalized spacial score (nSPS) is 10.3. The third kappa shape index (κ3) is 1.34. The lowest BCUT2D eigenvalue weighted by atomic mass is 10.1. The van der Waals surface area contributed by atoms with E-state index in [4.69, 9.17) is 10.7 Å². The topological polar surface area (TPSA) is 48.1 Å². The molecule has 0 spiro atoms. The lowest BCUT2D eigenvalue weighted by Crippen LogP contribution is -2.03. The van der Waals surface area contributed by atoms with Gasteiger partial charge in [-0.25, -0.2) is 0 Å². The average molecular weight is 174 g/mol. The molecule has 1 aromatic carbocycles. The molecule has 0 aliphatic carbocycles. The molecule has 0 aliphatic rings. The summed E-state index contributed by atoms with van der Waals surface area (Å²) in [6.07, 6.45) is 1.72. The van der Waals surface area contributed by atoms with Crippen LogP contribution in [-0.2, 0) is 0 Å². The van der Waals surface area contributed by atoms with Crippen LogP contribution >= 0.6 is 0 Å². The van der Waals surface area contributed by atoms with Crippen LogP contribution in [0.5, 0.6) is 5.75 Å². The van der Waals surface area contributed by atoms with Gasteiger partial charge in [-0.1, -0.05) is 6.07 Å². The Labute approximate surface area is 76.1 Å². The largest absolute Gasteiger partial charge is 0.409 e. The fourth-order valence-corrected chi connectivity index (χ4v) is 1.39. The Morgan fingerprint density at radius 3 is 3.00 bits per heavy atom. The van der Waals surface area contributed by atoms with Crippen molar-refractivity contribution in [2.45, 2.75) is 6.92 Å². The molecule has 2 aromatic rings. The number of aromatic nitrogens is 1. The number of nitrogens with zero attached hydrogens (tertiary/aromatic N) is 1. The van der Waals surface area contributed by atoms with Gasteiger partial charge in [0.2, 0.25) is 0 Å². The van der Waals surface area contributed by atoms with Gasteiger partial charge in [-0.05, 0) is 30.7 Å². The molecule has 0 aliphatic heterocycles. The molecule has 1 aromatic heterocycles. The van der Waals surface area contributed by atoms with E-state index < -0.39 is 0 Å². The quantitative estimate of drug-likeness (QED) is 0.670. The lowest BCUT2D eigenvalue weighted by molar-refractivity contribution is 0.338. The SMILES string of the molecule is Cc1cc(ON)c2ncccc2c1. The number of pyridine rings is 1. The van der Waals surface area contributed by atoms with Crippen LogP contribution in [0.3, 0.4) is 0 Å². The van der Waals surface area contributed by atoms with Crippen LogP contribution in [-0.4, -0.2) is 4.98 Å². The molecule has 3 nitrogen and oxygen atoms in total. The number of fused-ring (bicyclic) bond motifs is 1. The first kappa shape index (κ1) is 8.01. The van der Waals surface area contributed by atoms with E-state index >= 15 is 0 Å². The first-order valence-corrected chi connectivity index (χ1v) is 4.03. The molecule has 2 rings (SSSR count). The van der Waals surface area contributed by atoms with E-state index in [9.17, 15) is 0 Å². The van der Waals surface area contributed by atoms with Crippen LogP contribution in [0, 0.1) is 6.92 Å². The van der Waals surface area contributed by atoms with Crippen LogP contribution in [0.1, 0.15) is 5.56 Å². The summed E-state index contributed by atoms with van der Waals surface area (Å²) in [7, 11) is 0. The molecular weight excluding hydrogens is 164 g/mol. The molecule has 0 radical (unpaired) electrons. The molecule has 1 heterocycles. The van der Waals surface area contributed by atoms with Crippen LogP contribution in [0.4, 0.5) is 0 Å². The van der Waals surface area contributed by atoms with Crippen molar-refractivity contribution in [3.63, 3.8) is 0 Å². The third-order valence-corrected chi connectivity index (χ3v) is 1.94. The number of rotatable bonds is 1. The summed E-state index contributed by atoms with van der Waals surface area (Å²) >= 11 is 0. The van der Waals surface area contributed by atoms with E-state index in [0.29, 0.717) is 5.75 Å². The van der Waals surface area contributed by atoms with Crippen molar-refractivity contribution < 1.29 is 4.84 Å². The molecule has 0 amide bonds. The van der Waals surface area contributed by atoms with Crippen molar-refractivity contribution in [1.29, 1.82) is 0 Å². The highest BCUT2D eigenvalue weighted by molar-refractivity contribution is 5.85.